The van der Waals surface area contributed by atoms with Gasteiger partial charge in [-0.2, -0.15) is 0 Å². The number of fused-ring (bicyclic) bond motifs is 1. The van der Waals surface area contributed by atoms with Gasteiger partial charge < -0.3 is 20.5 Å². The molecular weight excluding hydrogens is 441 g/mol. The zero-order chi connectivity index (χ0) is 21.9. The topological polar surface area (TPSA) is 53.9 Å². The molecule has 5 nitrogen and oxygen atoms in total. The Morgan fingerprint density at radius 3 is 2.47 bits per heavy atom. The van der Waals surface area contributed by atoms with Crippen molar-refractivity contribution in [3.63, 3.8) is 0 Å². The van der Waals surface area contributed by atoms with Crippen LogP contribution in [0.1, 0.15) is 48.6 Å². The van der Waals surface area contributed by atoms with Crippen molar-refractivity contribution in [3.05, 3.63) is 63.4 Å². The predicted molar refractivity (Wildman–Crippen MR) is 133 cm³/mol. The number of benzene rings is 2. The van der Waals surface area contributed by atoms with Gasteiger partial charge in [-0.25, -0.2) is 4.98 Å². The molecule has 0 amide bonds. The molecule has 2 aliphatic rings. The van der Waals surface area contributed by atoms with Crippen LogP contribution < -0.4 is 16.0 Å². The molecule has 7 heteroatoms. The fraction of sp³-hybridized carbons (Fsp3) is 0.480. The molecule has 3 heterocycles. The molecular formula is C25H31Cl2N5. The molecule has 0 radical (unpaired) electrons. The van der Waals surface area contributed by atoms with Gasteiger partial charge in [0.15, 0.2) is 0 Å². The average molecular weight is 472 g/mol. The third kappa shape index (κ3) is 4.97. The molecule has 1 atom stereocenters. The second kappa shape index (κ2) is 10.1. The van der Waals surface area contributed by atoms with E-state index in [0.29, 0.717) is 22.0 Å². The first-order chi connectivity index (χ1) is 15.7. The summed E-state index contributed by atoms with van der Waals surface area (Å²) in [4.78, 5) is 5.01. The van der Waals surface area contributed by atoms with Gasteiger partial charge in [0.25, 0.3) is 0 Å². The Morgan fingerprint density at radius 2 is 1.72 bits per heavy atom. The lowest BCUT2D eigenvalue weighted by molar-refractivity contribution is 0.435. The molecule has 0 bridgehead atoms. The van der Waals surface area contributed by atoms with Gasteiger partial charge in [-0.3, -0.25) is 0 Å². The number of halogens is 2. The Bertz CT molecular complexity index is 1050. The van der Waals surface area contributed by atoms with E-state index in [0.717, 1.165) is 69.0 Å². The summed E-state index contributed by atoms with van der Waals surface area (Å²) in [6.07, 6.45) is 4.77. The standard InChI is InChI=1S/C25H31Cl2N5/c26-21-12-23-24(13-22(21)27)32(25(31-23)19-7-10-28-11-8-19)16-18-5-3-17(4-6-18)14-29-15-20-2-1-9-30-20/h3-6,12-13,19-20,28-30H,1-2,7-11,14-16H2/t20-/m0/s1. The zero-order valence-corrected chi connectivity index (χ0v) is 19.9. The second-order valence-corrected chi connectivity index (χ2v) is 9.89. The number of piperidine rings is 1. The van der Waals surface area contributed by atoms with Gasteiger partial charge in [0.05, 0.1) is 21.1 Å². The number of imidazole rings is 1. The fourth-order valence-electron chi connectivity index (χ4n) is 4.96. The highest BCUT2D eigenvalue weighted by molar-refractivity contribution is 6.42. The van der Waals surface area contributed by atoms with Crippen LogP contribution in [0.4, 0.5) is 0 Å². The van der Waals surface area contributed by atoms with Gasteiger partial charge in [-0.15, -0.1) is 0 Å². The minimum Gasteiger partial charge on any atom is -0.323 e. The van der Waals surface area contributed by atoms with Crippen LogP contribution in [0.25, 0.3) is 11.0 Å². The molecule has 0 saturated carbocycles. The molecule has 2 fully saturated rings. The van der Waals surface area contributed by atoms with Crippen LogP contribution in [0.3, 0.4) is 0 Å². The van der Waals surface area contributed by atoms with Crippen LogP contribution in [-0.2, 0) is 13.1 Å². The zero-order valence-electron chi connectivity index (χ0n) is 18.3. The van der Waals surface area contributed by atoms with Gasteiger partial charge in [-0.05, 0) is 68.6 Å². The molecule has 2 aliphatic heterocycles. The van der Waals surface area contributed by atoms with E-state index in [-0.39, 0.29) is 0 Å². The van der Waals surface area contributed by atoms with E-state index in [1.54, 1.807) is 0 Å². The molecule has 1 aromatic heterocycles. The van der Waals surface area contributed by atoms with Crippen LogP contribution in [0.2, 0.25) is 10.0 Å². The van der Waals surface area contributed by atoms with Crippen molar-refractivity contribution in [1.82, 2.24) is 25.5 Å². The molecule has 0 spiro atoms. The number of hydrogen-bond donors (Lipinski definition) is 3. The van der Waals surface area contributed by atoms with Crippen molar-refractivity contribution in [2.45, 2.75) is 50.7 Å². The Balaban J connectivity index is 1.34. The smallest absolute Gasteiger partial charge is 0.113 e. The summed E-state index contributed by atoms with van der Waals surface area (Å²) in [6, 6.07) is 13.4. The van der Waals surface area contributed by atoms with E-state index in [9.17, 15) is 0 Å². The van der Waals surface area contributed by atoms with E-state index in [2.05, 4.69) is 44.8 Å². The molecule has 170 valence electrons. The van der Waals surface area contributed by atoms with Crippen molar-refractivity contribution in [3.8, 4) is 0 Å². The summed E-state index contributed by atoms with van der Waals surface area (Å²) < 4.78 is 2.34. The van der Waals surface area contributed by atoms with Crippen molar-refractivity contribution in [2.75, 3.05) is 26.2 Å². The van der Waals surface area contributed by atoms with Crippen molar-refractivity contribution in [2.24, 2.45) is 0 Å². The molecule has 0 unspecified atom stereocenters. The molecule has 5 rings (SSSR count). The summed E-state index contributed by atoms with van der Waals surface area (Å²) in [7, 11) is 0. The highest BCUT2D eigenvalue weighted by atomic mass is 35.5. The Kier molecular flexibility index (Phi) is 7.00. The van der Waals surface area contributed by atoms with Crippen LogP contribution in [0.15, 0.2) is 36.4 Å². The maximum Gasteiger partial charge on any atom is 0.113 e. The number of nitrogens with zero attached hydrogens (tertiary/aromatic N) is 2. The minimum absolute atomic E-state index is 0.453. The van der Waals surface area contributed by atoms with E-state index in [4.69, 9.17) is 28.2 Å². The first-order valence-electron chi connectivity index (χ1n) is 11.7. The first kappa shape index (κ1) is 22.2. The SMILES string of the molecule is Clc1cc2nc(C3CCNCC3)n(Cc3ccc(CNC[C@@H]4CCCN4)cc3)c2cc1Cl. The van der Waals surface area contributed by atoms with Crippen LogP contribution in [0.5, 0.6) is 0 Å². The second-order valence-electron chi connectivity index (χ2n) is 9.08. The predicted octanol–water partition coefficient (Wildman–Crippen LogP) is 4.70. The van der Waals surface area contributed by atoms with Crippen molar-refractivity contribution < 1.29 is 0 Å². The minimum atomic E-state index is 0.453. The van der Waals surface area contributed by atoms with E-state index >= 15 is 0 Å². The van der Waals surface area contributed by atoms with Gasteiger partial charge in [0.1, 0.15) is 5.82 Å². The average Bonchev–Trinajstić information content (AvgIpc) is 3.45. The Labute approximate surface area is 199 Å². The summed E-state index contributed by atoms with van der Waals surface area (Å²) >= 11 is 12.7. The van der Waals surface area contributed by atoms with Gasteiger partial charge in [0.2, 0.25) is 0 Å². The number of aromatic nitrogens is 2. The molecule has 32 heavy (non-hydrogen) atoms. The summed E-state index contributed by atoms with van der Waals surface area (Å²) in [5.74, 6) is 1.60. The van der Waals surface area contributed by atoms with Crippen molar-refractivity contribution in [1.29, 1.82) is 0 Å². The van der Waals surface area contributed by atoms with Gasteiger partial charge in [0, 0.05) is 31.6 Å². The monoisotopic (exact) mass is 471 g/mol. The largest absolute Gasteiger partial charge is 0.323 e. The summed E-state index contributed by atoms with van der Waals surface area (Å²) in [6.45, 7) is 5.95. The van der Waals surface area contributed by atoms with Gasteiger partial charge in [-0.1, -0.05) is 47.5 Å². The van der Waals surface area contributed by atoms with Crippen LogP contribution in [-0.4, -0.2) is 41.8 Å². The summed E-state index contributed by atoms with van der Waals surface area (Å²) in [5.41, 5.74) is 4.57. The lowest BCUT2D eigenvalue weighted by Crippen LogP contribution is -2.33. The van der Waals surface area contributed by atoms with Crippen LogP contribution >= 0.6 is 23.2 Å². The normalized spacial score (nSPS) is 19.8. The Hall–Kier alpha value is -1.63. The molecule has 2 aromatic carbocycles. The fourth-order valence-corrected chi connectivity index (χ4v) is 5.28. The highest BCUT2D eigenvalue weighted by Crippen LogP contribution is 2.33. The lowest BCUT2D eigenvalue weighted by Gasteiger charge is -2.23. The lowest BCUT2D eigenvalue weighted by atomic mass is 9.97. The molecule has 0 aliphatic carbocycles. The Morgan fingerprint density at radius 1 is 0.969 bits per heavy atom. The summed E-state index contributed by atoms with van der Waals surface area (Å²) in [5, 5.41) is 11.7. The van der Waals surface area contributed by atoms with E-state index in [1.807, 2.05) is 12.1 Å². The number of rotatable bonds is 7. The number of hydrogen-bond acceptors (Lipinski definition) is 4. The van der Waals surface area contributed by atoms with E-state index in [1.165, 1.54) is 24.0 Å². The number of nitrogens with one attached hydrogen (secondary N) is 3. The first-order valence-corrected chi connectivity index (χ1v) is 12.5. The third-order valence-corrected chi connectivity index (χ3v) is 7.49. The maximum absolute atomic E-state index is 6.38. The molecule has 3 N–H and O–H groups in total. The van der Waals surface area contributed by atoms with Gasteiger partial charge >= 0.3 is 0 Å². The van der Waals surface area contributed by atoms with Crippen LogP contribution in [0, 0.1) is 0 Å². The highest BCUT2D eigenvalue weighted by Gasteiger charge is 2.23. The molecule has 3 aromatic rings. The third-order valence-electron chi connectivity index (χ3n) is 6.77. The van der Waals surface area contributed by atoms with E-state index < -0.39 is 0 Å². The molecule has 2 saturated heterocycles. The van der Waals surface area contributed by atoms with Crippen molar-refractivity contribution >= 4 is 34.2 Å². The maximum atomic E-state index is 6.38. The quantitative estimate of drug-likeness (QED) is 0.467.